The molecule has 150 valence electrons. The summed E-state index contributed by atoms with van der Waals surface area (Å²) in [4.78, 5) is 11.2. The highest BCUT2D eigenvalue weighted by molar-refractivity contribution is 5.70. The molecule has 0 amide bonds. The highest BCUT2D eigenvalue weighted by Crippen LogP contribution is 2.34. The summed E-state index contributed by atoms with van der Waals surface area (Å²) in [7, 11) is 0. The second kappa shape index (κ2) is 9.75. The summed E-state index contributed by atoms with van der Waals surface area (Å²) in [6.45, 7) is 2.17. The molecular formula is C24H24O5. The first-order valence-electron chi connectivity index (χ1n) is 9.43. The first-order chi connectivity index (χ1) is 14.0. The largest absolute Gasteiger partial charge is 0.485 e. The molecule has 0 radical (unpaired) electrons. The van der Waals surface area contributed by atoms with Crippen molar-refractivity contribution in [3.63, 3.8) is 0 Å². The van der Waals surface area contributed by atoms with Crippen LogP contribution in [0, 0.1) is 5.92 Å². The molecule has 0 bridgehead atoms. The summed E-state index contributed by atoms with van der Waals surface area (Å²) in [5.74, 6) is -1.01. The number of aliphatic hydroxyl groups is 1. The van der Waals surface area contributed by atoms with Crippen LogP contribution in [0.5, 0.6) is 11.5 Å². The zero-order valence-corrected chi connectivity index (χ0v) is 16.2. The van der Waals surface area contributed by atoms with E-state index in [1.54, 1.807) is 18.2 Å². The van der Waals surface area contributed by atoms with Crippen molar-refractivity contribution >= 4 is 5.97 Å². The van der Waals surface area contributed by atoms with Crippen LogP contribution < -0.4 is 9.47 Å². The third kappa shape index (κ3) is 5.59. The smallest absolute Gasteiger partial charge is 0.309 e. The quantitative estimate of drug-likeness (QED) is 0.557. The van der Waals surface area contributed by atoms with Gasteiger partial charge in [0.05, 0.1) is 12.0 Å². The molecular weight excluding hydrogens is 368 g/mol. The fourth-order valence-corrected chi connectivity index (χ4v) is 2.84. The fraction of sp³-hybridized carbons (Fsp3) is 0.208. The van der Waals surface area contributed by atoms with E-state index in [0.29, 0.717) is 30.3 Å². The molecule has 0 saturated heterocycles. The Hall–Kier alpha value is -3.31. The monoisotopic (exact) mass is 392 g/mol. The summed E-state index contributed by atoms with van der Waals surface area (Å²) in [6.07, 6.45) is -1.14. The molecule has 0 aliphatic heterocycles. The number of ether oxygens (including phenoxy) is 2. The lowest BCUT2D eigenvalue weighted by molar-refractivity contribution is -0.145. The van der Waals surface area contributed by atoms with E-state index in [9.17, 15) is 15.0 Å². The van der Waals surface area contributed by atoms with Gasteiger partial charge < -0.3 is 19.7 Å². The topological polar surface area (TPSA) is 76.0 Å². The molecule has 3 aromatic carbocycles. The Morgan fingerprint density at radius 1 is 0.828 bits per heavy atom. The number of carboxylic acids is 1. The molecule has 3 aromatic rings. The number of benzene rings is 3. The third-order valence-electron chi connectivity index (χ3n) is 4.65. The van der Waals surface area contributed by atoms with Gasteiger partial charge in [0.15, 0.2) is 11.5 Å². The van der Waals surface area contributed by atoms with Crippen LogP contribution in [-0.4, -0.2) is 16.2 Å². The maximum atomic E-state index is 11.2. The summed E-state index contributed by atoms with van der Waals surface area (Å²) in [5.41, 5.74) is 2.48. The second-order valence-electron chi connectivity index (χ2n) is 6.83. The molecule has 0 aliphatic carbocycles. The van der Waals surface area contributed by atoms with Crippen LogP contribution in [-0.2, 0) is 18.0 Å². The van der Waals surface area contributed by atoms with Gasteiger partial charge in [0.1, 0.15) is 13.2 Å². The zero-order chi connectivity index (χ0) is 20.6. The van der Waals surface area contributed by atoms with Crippen LogP contribution >= 0.6 is 0 Å². The fourth-order valence-electron chi connectivity index (χ4n) is 2.84. The van der Waals surface area contributed by atoms with Gasteiger partial charge in [-0.2, -0.15) is 0 Å². The molecule has 2 atom stereocenters. The minimum atomic E-state index is -1.14. The van der Waals surface area contributed by atoms with Crippen molar-refractivity contribution in [2.45, 2.75) is 26.2 Å². The SMILES string of the molecule is C[C@H](C(=O)O)[C@H](O)c1ccc(OCc2ccccc2)c(OCc2ccccc2)c1. The van der Waals surface area contributed by atoms with Gasteiger partial charge in [-0.1, -0.05) is 66.7 Å². The number of aliphatic carboxylic acids is 1. The van der Waals surface area contributed by atoms with Gasteiger partial charge >= 0.3 is 5.97 Å². The van der Waals surface area contributed by atoms with Crippen LogP contribution in [0.25, 0.3) is 0 Å². The molecule has 0 fully saturated rings. The molecule has 0 aromatic heterocycles. The van der Waals surface area contributed by atoms with Crippen LogP contribution in [0.4, 0.5) is 0 Å². The first kappa shape index (κ1) is 20.4. The van der Waals surface area contributed by atoms with Crippen molar-refractivity contribution in [1.82, 2.24) is 0 Å². The molecule has 0 spiro atoms. The van der Waals surface area contributed by atoms with Crippen molar-refractivity contribution in [1.29, 1.82) is 0 Å². The molecule has 3 rings (SSSR count). The van der Waals surface area contributed by atoms with Gasteiger partial charge in [0, 0.05) is 0 Å². The van der Waals surface area contributed by atoms with Gasteiger partial charge in [0.25, 0.3) is 0 Å². The number of carbonyl (C=O) groups is 1. The van der Waals surface area contributed by atoms with Crippen molar-refractivity contribution in [2.75, 3.05) is 0 Å². The van der Waals surface area contributed by atoms with Crippen molar-refractivity contribution in [3.8, 4) is 11.5 Å². The molecule has 5 nitrogen and oxygen atoms in total. The Morgan fingerprint density at radius 3 is 1.86 bits per heavy atom. The lowest BCUT2D eigenvalue weighted by Crippen LogP contribution is -2.18. The summed E-state index contributed by atoms with van der Waals surface area (Å²) >= 11 is 0. The Kier molecular flexibility index (Phi) is 6.87. The van der Waals surface area contributed by atoms with Gasteiger partial charge in [-0.15, -0.1) is 0 Å². The minimum absolute atomic E-state index is 0.330. The Balaban J connectivity index is 1.82. The number of carboxylic acid groups (broad SMARTS) is 1. The van der Waals surface area contributed by atoms with E-state index in [2.05, 4.69) is 0 Å². The minimum Gasteiger partial charge on any atom is -0.485 e. The molecule has 0 heterocycles. The normalized spacial score (nSPS) is 12.8. The van der Waals surface area contributed by atoms with E-state index >= 15 is 0 Å². The van der Waals surface area contributed by atoms with Gasteiger partial charge in [-0.25, -0.2) is 0 Å². The average molecular weight is 392 g/mol. The van der Waals surface area contributed by atoms with E-state index in [1.807, 2.05) is 60.7 Å². The molecule has 29 heavy (non-hydrogen) atoms. The van der Waals surface area contributed by atoms with Crippen LogP contribution in [0.2, 0.25) is 0 Å². The number of hydrogen-bond donors (Lipinski definition) is 2. The maximum absolute atomic E-state index is 11.2. The molecule has 0 unspecified atom stereocenters. The molecule has 0 saturated carbocycles. The van der Waals surface area contributed by atoms with Crippen LogP contribution in [0.1, 0.15) is 29.7 Å². The van der Waals surface area contributed by atoms with Crippen molar-refractivity contribution in [3.05, 3.63) is 95.6 Å². The third-order valence-corrected chi connectivity index (χ3v) is 4.65. The number of hydrogen-bond acceptors (Lipinski definition) is 4. The summed E-state index contributed by atoms with van der Waals surface area (Å²) < 4.78 is 11.9. The van der Waals surface area contributed by atoms with Crippen molar-refractivity contribution in [2.24, 2.45) is 5.92 Å². The average Bonchev–Trinajstić information content (AvgIpc) is 2.76. The first-order valence-corrected chi connectivity index (χ1v) is 9.43. The zero-order valence-electron chi connectivity index (χ0n) is 16.2. The lowest BCUT2D eigenvalue weighted by Gasteiger charge is -2.19. The van der Waals surface area contributed by atoms with E-state index in [-0.39, 0.29) is 0 Å². The number of rotatable bonds is 9. The van der Waals surface area contributed by atoms with E-state index < -0.39 is 18.0 Å². The van der Waals surface area contributed by atoms with E-state index in [1.165, 1.54) is 6.92 Å². The molecule has 2 N–H and O–H groups in total. The van der Waals surface area contributed by atoms with Gasteiger partial charge in [-0.3, -0.25) is 4.79 Å². The summed E-state index contributed by atoms with van der Waals surface area (Å²) in [6, 6.07) is 24.5. The van der Waals surface area contributed by atoms with Gasteiger partial charge in [-0.05, 0) is 35.7 Å². The van der Waals surface area contributed by atoms with Gasteiger partial charge in [0.2, 0.25) is 0 Å². The maximum Gasteiger partial charge on any atom is 0.309 e. The molecule has 0 aliphatic rings. The van der Waals surface area contributed by atoms with Crippen molar-refractivity contribution < 1.29 is 24.5 Å². The Labute approximate surface area is 170 Å². The standard InChI is InChI=1S/C24H24O5/c1-17(24(26)27)23(25)20-12-13-21(28-15-18-8-4-2-5-9-18)22(14-20)29-16-19-10-6-3-7-11-19/h2-14,17,23,25H,15-16H2,1H3,(H,26,27)/t17-,23-/m0/s1. The predicted octanol–water partition coefficient (Wildman–Crippen LogP) is 4.60. The Morgan fingerprint density at radius 2 is 1.34 bits per heavy atom. The van der Waals surface area contributed by atoms with E-state index in [4.69, 9.17) is 9.47 Å². The number of aliphatic hydroxyl groups excluding tert-OH is 1. The Bertz CT molecular complexity index is 925. The lowest BCUT2D eigenvalue weighted by atomic mass is 9.97. The van der Waals surface area contributed by atoms with Crippen LogP contribution in [0.15, 0.2) is 78.9 Å². The summed E-state index contributed by atoms with van der Waals surface area (Å²) in [5, 5.41) is 19.6. The van der Waals surface area contributed by atoms with Crippen LogP contribution in [0.3, 0.4) is 0 Å². The second-order valence-corrected chi connectivity index (χ2v) is 6.83. The highest BCUT2D eigenvalue weighted by Gasteiger charge is 2.24. The molecule has 5 heteroatoms. The predicted molar refractivity (Wildman–Crippen MR) is 110 cm³/mol. The van der Waals surface area contributed by atoms with E-state index in [0.717, 1.165) is 11.1 Å². The highest BCUT2D eigenvalue weighted by atomic mass is 16.5.